The lowest BCUT2D eigenvalue weighted by Gasteiger charge is -2.37. The maximum Gasteiger partial charge on any atom is 0.237 e. The minimum absolute atomic E-state index is 0.248. The van der Waals surface area contributed by atoms with Crippen molar-refractivity contribution in [3.63, 3.8) is 0 Å². The van der Waals surface area contributed by atoms with Crippen molar-refractivity contribution in [2.45, 2.75) is 45.3 Å². The first-order chi connectivity index (χ1) is 10.7. The number of amides is 1. The Bertz CT molecular complexity index is 490. The average molecular weight is 346 g/mol. The van der Waals surface area contributed by atoms with E-state index in [1.165, 1.54) is 0 Å². The molecule has 0 spiro atoms. The van der Waals surface area contributed by atoms with Gasteiger partial charge in [-0.1, -0.05) is 0 Å². The van der Waals surface area contributed by atoms with E-state index in [2.05, 4.69) is 18.7 Å². The second kappa shape index (κ2) is 7.94. The lowest BCUT2D eigenvalue weighted by Crippen LogP contribution is -2.46. The maximum atomic E-state index is 11.9. The molecule has 2 aliphatic heterocycles. The maximum absolute atomic E-state index is 11.9. The first-order valence-electron chi connectivity index (χ1n) is 8.56. The molecule has 1 amide bonds. The van der Waals surface area contributed by atoms with Crippen molar-refractivity contribution in [2.75, 3.05) is 44.7 Å². The zero-order valence-corrected chi connectivity index (χ0v) is 15.3. The molecule has 2 rings (SSSR count). The van der Waals surface area contributed by atoms with Crippen molar-refractivity contribution < 1.29 is 17.9 Å². The van der Waals surface area contributed by atoms with E-state index in [0.29, 0.717) is 31.2 Å². The molecule has 2 saturated heterocycles. The molecule has 0 saturated carbocycles. The van der Waals surface area contributed by atoms with Crippen molar-refractivity contribution in [1.29, 1.82) is 0 Å². The Hall–Kier alpha value is -0.660. The van der Waals surface area contributed by atoms with Crippen molar-refractivity contribution in [2.24, 2.45) is 5.92 Å². The third-order valence-corrected chi connectivity index (χ3v) is 5.47. The fourth-order valence-corrected chi connectivity index (χ4v) is 4.25. The standard InChI is InChI=1S/C16H30N2O4S/c1-13-10-17(11-14(2)22-13)7-4-15-5-8-18(9-6-15)16(19)12-23(3,20)21/h13-15H,4-12H2,1-3H3/t13-,14-/m1/s1. The number of morpholine rings is 1. The van der Waals surface area contributed by atoms with Crippen LogP contribution < -0.4 is 0 Å². The summed E-state index contributed by atoms with van der Waals surface area (Å²) in [7, 11) is -3.23. The summed E-state index contributed by atoms with van der Waals surface area (Å²) >= 11 is 0. The van der Waals surface area contributed by atoms with E-state index in [0.717, 1.165) is 45.2 Å². The molecule has 0 unspecified atom stereocenters. The van der Waals surface area contributed by atoms with Gasteiger partial charge in [0.15, 0.2) is 9.84 Å². The SMILES string of the molecule is C[C@@H]1CN(CCC2CCN(C(=O)CS(C)(=O)=O)CC2)C[C@@H](C)O1. The second-order valence-corrected chi connectivity index (χ2v) is 9.34. The molecule has 2 fully saturated rings. The third kappa shape index (κ3) is 6.39. The zero-order chi connectivity index (χ0) is 17.0. The van der Waals surface area contributed by atoms with Crippen LogP contribution in [0.1, 0.15) is 33.1 Å². The van der Waals surface area contributed by atoms with Crippen molar-refractivity contribution in [3.8, 4) is 0 Å². The first-order valence-corrected chi connectivity index (χ1v) is 10.6. The summed E-state index contributed by atoms with van der Waals surface area (Å²) in [6, 6.07) is 0. The van der Waals surface area contributed by atoms with Gasteiger partial charge in [-0.2, -0.15) is 0 Å². The lowest BCUT2D eigenvalue weighted by molar-refractivity contribution is -0.129. The molecule has 0 radical (unpaired) electrons. The van der Waals surface area contributed by atoms with Crippen LogP contribution in [0, 0.1) is 5.92 Å². The van der Waals surface area contributed by atoms with Gasteiger partial charge in [0, 0.05) is 32.4 Å². The molecule has 6 nitrogen and oxygen atoms in total. The van der Waals surface area contributed by atoms with Gasteiger partial charge in [-0.3, -0.25) is 9.69 Å². The van der Waals surface area contributed by atoms with E-state index >= 15 is 0 Å². The average Bonchev–Trinajstić information content (AvgIpc) is 2.43. The summed E-state index contributed by atoms with van der Waals surface area (Å²) in [6.45, 7) is 8.69. The monoisotopic (exact) mass is 346 g/mol. The van der Waals surface area contributed by atoms with E-state index in [4.69, 9.17) is 4.74 Å². The van der Waals surface area contributed by atoms with Crippen LogP contribution in [0.5, 0.6) is 0 Å². The predicted octanol–water partition coefficient (Wildman–Crippen LogP) is 0.769. The Morgan fingerprint density at radius 3 is 2.22 bits per heavy atom. The van der Waals surface area contributed by atoms with Gasteiger partial charge in [0.05, 0.1) is 12.2 Å². The number of ether oxygens (including phenoxy) is 1. The first kappa shape index (κ1) is 18.7. The summed E-state index contributed by atoms with van der Waals surface area (Å²) in [5, 5.41) is 0. The van der Waals surface area contributed by atoms with Crippen LogP contribution in [0.4, 0.5) is 0 Å². The highest BCUT2D eigenvalue weighted by Gasteiger charge is 2.26. The molecule has 2 aliphatic rings. The number of hydrogen-bond donors (Lipinski definition) is 0. The van der Waals surface area contributed by atoms with Gasteiger partial charge in [-0.05, 0) is 45.6 Å². The largest absolute Gasteiger partial charge is 0.373 e. The summed E-state index contributed by atoms with van der Waals surface area (Å²) in [6.07, 6.45) is 4.81. The van der Waals surface area contributed by atoms with E-state index < -0.39 is 9.84 Å². The second-order valence-electron chi connectivity index (χ2n) is 7.20. The molecule has 134 valence electrons. The summed E-state index contributed by atoms with van der Waals surface area (Å²) in [4.78, 5) is 16.1. The Morgan fingerprint density at radius 1 is 1.13 bits per heavy atom. The van der Waals surface area contributed by atoms with Crippen molar-refractivity contribution >= 4 is 15.7 Å². The summed E-state index contributed by atoms with van der Waals surface area (Å²) in [5.74, 6) is 0.0221. The van der Waals surface area contributed by atoms with Crippen molar-refractivity contribution in [3.05, 3.63) is 0 Å². The van der Waals surface area contributed by atoms with Gasteiger partial charge in [-0.15, -0.1) is 0 Å². The predicted molar refractivity (Wildman–Crippen MR) is 90.1 cm³/mol. The molecule has 2 heterocycles. The van der Waals surface area contributed by atoms with E-state index in [1.54, 1.807) is 4.90 Å². The molecule has 2 atom stereocenters. The Labute approximate surface area is 140 Å². The lowest BCUT2D eigenvalue weighted by atomic mass is 9.93. The van der Waals surface area contributed by atoms with Gasteiger partial charge in [-0.25, -0.2) is 8.42 Å². The number of sulfone groups is 1. The number of piperidine rings is 1. The van der Waals surface area contributed by atoms with Gasteiger partial charge in [0.1, 0.15) is 5.75 Å². The molecule has 0 aromatic heterocycles. The van der Waals surface area contributed by atoms with Crippen LogP contribution >= 0.6 is 0 Å². The van der Waals surface area contributed by atoms with E-state index in [-0.39, 0.29) is 11.7 Å². The minimum Gasteiger partial charge on any atom is -0.373 e. The molecule has 0 aliphatic carbocycles. The van der Waals surface area contributed by atoms with Gasteiger partial charge >= 0.3 is 0 Å². The highest BCUT2D eigenvalue weighted by Crippen LogP contribution is 2.22. The summed E-state index contributed by atoms with van der Waals surface area (Å²) in [5.41, 5.74) is 0. The Morgan fingerprint density at radius 2 is 1.70 bits per heavy atom. The van der Waals surface area contributed by atoms with Crippen LogP contribution in [-0.2, 0) is 19.4 Å². The van der Waals surface area contributed by atoms with Crippen molar-refractivity contribution in [1.82, 2.24) is 9.80 Å². The normalized spacial score (nSPS) is 28.0. The van der Waals surface area contributed by atoms with E-state index in [1.807, 2.05) is 0 Å². The fraction of sp³-hybridized carbons (Fsp3) is 0.938. The number of rotatable bonds is 5. The van der Waals surface area contributed by atoms with Gasteiger partial charge in [0.2, 0.25) is 5.91 Å². The number of nitrogens with zero attached hydrogens (tertiary/aromatic N) is 2. The van der Waals surface area contributed by atoms with Gasteiger partial charge in [0.25, 0.3) is 0 Å². The molecular formula is C16H30N2O4S. The minimum atomic E-state index is -3.23. The van der Waals surface area contributed by atoms with E-state index in [9.17, 15) is 13.2 Å². The Balaban J connectivity index is 1.69. The molecule has 0 N–H and O–H groups in total. The Kier molecular flexibility index (Phi) is 6.45. The number of likely N-dealkylation sites (tertiary alicyclic amines) is 1. The van der Waals surface area contributed by atoms with Crippen LogP contribution in [0.2, 0.25) is 0 Å². The van der Waals surface area contributed by atoms with Crippen LogP contribution in [0.25, 0.3) is 0 Å². The molecule has 0 bridgehead atoms. The molecule has 0 aromatic rings. The number of hydrogen-bond acceptors (Lipinski definition) is 5. The highest BCUT2D eigenvalue weighted by molar-refractivity contribution is 7.91. The summed E-state index contributed by atoms with van der Waals surface area (Å²) < 4.78 is 28.2. The molecular weight excluding hydrogens is 316 g/mol. The topological polar surface area (TPSA) is 66.9 Å². The number of carbonyl (C=O) groups excluding carboxylic acids is 1. The third-order valence-electron chi connectivity index (χ3n) is 4.70. The van der Waals surface area contributed by atoms with Crippen LogP contribution in [-0.4, -0.2) is 81.1 Å². The van der Waals surface area contributed by atoms with Crippen LogP contribution in [0.15, 0.2) is 0 Å². The highest BCUT2D eigenvalue weighted by atomic mass is 32.2. The molecule has 0 aromatic carbocycles. The van der Waals surface area contributed by atoms with Gasteiger partial charge < -0.3 is 9.64 Å². The zero-order valence-electron chi connectivity index (χ0n) is 14.5. The van der Waals surface area contributed by atoms with Crippen LogP contribution in [0.3, 0.4) is 0 Å². The molecule has 23 heavy (non-hydrogen) atoms. The fourth-order valence-electron chi connectivity index (χ4n) is 3.62. The molecule has 7 heteroatoms. The number of carbonyl (C=O) groups is 1. The smallest absolute Gasteiger partial charge is 0.237 e. The quantitative estimate of drug-likeness (QED) is 0.736.